The van der Waals surface area contributed by atoms with Crippen molar-refractivity contribution < 1.29 is 35.0 Å². The van der Waals surface area contributed by atoms with Gasteiger partial charge in [0, 0.05) is 0 Å². The van der Waals surface area contributed by atoms with Gasteiger partial charge in [-0.05, 0) is 48.8 Å². The van der Waals surface area contributed by atoms with Gasteiger partial charge in [0.25, 0.3) is 0 Å². The molecule has 1 aliphatic heterocycles. The standard InChI is InChI=1S/C19H22O7/c1-2-3-4-5-6-7-8-9-10-11-14(12-20)25-19-18(24)17(23)16(22)15(13-21)26-19/h2-3,10-11,14-24H,12-13H2,1H3/b3-2-,11-10+/t14?,15-,16-,17+,18-,19-/m1/s1. The maximum absolute atomic E-state index is 9.88. The largest absolute Gasteiger partial charge is 0.394 e. The molecule has 0 saturated carbocycles. The van der Waals surface area contributed by atoms with Gasteiger partial charge in [-0.15, -0.1) is 0 Å². The molecule has 0 radical (unpaired) electrons. The van der Waals surface area contributed by atoms with Gasteiger partial charge in [-0.3, -0.25) is 0 Å². The highest BCUT2D eigenvalue weighted by Gasteiger charge is 2.44. The lowest BCUT2D eigenvalue weighted by molar-refractivity contribution is -0.309. The summed E-state index contributed by atoms with van der Waals surface area (Å²) in [5, 5.41) is 47.7. The second-order valence-electron chi connectivity index (χ2n) is 5.20. The molecule has 0 aromatic heterocycles. The van der Waals surface area contributed by atoms with Gasteiger partial charge in [-0.25, -0.2) is 0 Å². The summed E-state index contributed by atoms with van der Waals surface area (Å²) in [5.74, 6) is 15.5. The molecule has 7 heteroatoms. The van der Waals surface area contributed by atoms with Gasteiger partial charge in [-0.1, -0.05) is 17.9 Å². The zero-order valence-corrected chi connectivity index (χ0v) is 14.2. The molecule has 0 amide bonds. The lowest BCUT2D eigenvalue weighted by Crippen LogP contribution is -2.59. The Hall–Kier alpha value is -2.12. The number of allylic oxidation sites excluding steroid dienone is 3. The van der Waals surface area contributed by atoms with Crippen LogP contribution in [0.15, 0.2) is 24.3 Å². The molecule has 6 atom stereocenters. The molecule has 140 valence electrons. The predicted molar refractivity (Wildman–Crippen MR) is 93.0 cm³/mol. The van der Waals surface area contributed by atoms with E-state index in [2.05, 4.69) is 35.5 Å². The average Bonchev–Trinajstić information content (AvgIpc) is 2.65. The molecule has 1 fully saturated rings. The lowest BCUT2D eigenvalue weighted by atomic mass is 9.99. The lowest BCUT2D eigenvalue weighted by Gasteiger charge is -2.40. The highest BCUT2D eigenvalue weighted by Crippen LogP contribution is 2.23. The van der Waals surface area contributed by atoms with E-state index in [0.717, 1.165) is 0 Å². The van der Waals surface area contributed by atoms with E-state index in [1.165, 1.54) is 12.2 Å². The van der Waals surface area contributed by atoms with Crippen molar-refractivity contribution in [3.8, 4) is 35.5 Å². The maximum Gasteiger partial charge on any atom is 0.187 e. The third-order valence-corrected chi connectivity index (χ3v) is 3.31. The van der Waals surface area contributed by atoms with Crippen LogP contribution in [0, 0.1) is 35.5 Å². The molecule has 5 N–H and O–H groups in total. The minimum absolute atomic E-state index is 0.437. The number of hydrogen-bond donors (Lipinski definition) is 5. The van der Waals surface area contributed by atoms with Gasteiger partial charge in [0.05, 0.1) is 13.2 Å². The molecule has 26 heavy (non-hydrogen) atoms. The summed E-state index contributed by atoms with van der Waals surface area (Å²) >= 11 is 0. The molecule has 0 aromatic rings. The number of ether oxygens (including phenoxy) is 2. The molecular weight excluding hydrogens is 340 g/mol. The number of hydrogen-bond acceptors (Lipinski definition) is 7. The van der Waals surface area contributed by atoms with Crippen LogP contribution >= 0.6 is 0 Å². The van der Waals surface area contributed by atoms with E-state index in [9.17, 15) is 20.4 Å². The van der Waals surface area contributed by atoms with Crippen LogP contribution in [-0.2, 0) is 9.47 Å². The quantitative estimate of drug-likeness (QED) is 0.370. The van der Waals surface area contributed by atoms with Crippen LogP contribution in [0.1, 0.15) is 6.92 Å². The second-order valence-corrected chi connectivity index (χ2v) is 5.20. The Balaban J connectivity index is 2.63. The Morgan fingerprint density at radius 3 is 2.19 bits per heavy atom. The average molecular weight is 362 g/mol. The first-order chi connectivity index (χ1) is 12.5. The maximum atomic E-state index is 9.88. The number of rotatable bonds is 5. The zero-order chi connectivity index (χ0) is 19.4. The first kappa shape index (κ1) is 21.9. The molecule has 1 unspecified atom stereocenters. The summed E-state index contributed by atoms with van der Waals surface area (Å²) in [6.45, 7) is 0.843. The van der Waals surface area contributed by atoms with E-state index in [0.29, 0.717) is 0 Å². The van der Waals surface area contributed by atoms with Crippen molar-refractivity contribution in [2.75, 3.05) is 13.2 Å². The summed E-state index contributed by atoms with van der Waals surface area (Å²) in [6.07, 6.45) is -1.59. The van der Waals surface area contributed by atoms with Gasteiger partial charge < -0.3 is 35.0 Å². The predicted octanol–water partition coefficient (Wildman–Crippen LogP) is -1.69. The van der Waals surface area contributed by atoms with E-state index in [-0.39, 0.29) is 0 Å². The van der Waals surface area contributed by atoms with Gasteiger partial charge in [0.2, 0.25) is 0 Å². The van der Waals surface area contributed by atoms with Crippen LogP contribution in [0.4, 0.5) is 0 Å². The van der Waals surface area contributed by atoms with E-state index in [4.69, 9.17) is 14.6 Å². The SMILES string of the molecule is C/C=C\C#CC#CC#C/C=C/C(CO)O[C@@H]1O[C@H](CO)[C@@H](O)[C@H](O)[C@H]1O. The topological polar surface area (TPSA) is 120 Å². The van der Waals surface area contributed by atoms with Gasteiger partial charge in [-0.2, -0.15) is 0 Å². The van der Waals surface area contributed by atoms with E-state index in [1.807, 2.05) is 6.92 Å². The van der Waals surface area contributed by atoms with E-state index in [1.54, 1.807) is 12.2 Å². The monoisotopic (exact) mass is 362 g/mol. The van der Waals surface area contributed by atoms with E-state index < -0.39 is 50.0 Å². The summed E-state index contributed by atoms with van der Waals surface area (Å²) in [7, 11) is 0. The molecule has 1 aliphatic rings. The van der Waals surface area contributed by atoms with Crippen molar-refractivity contribution >= 4 is 0 Å². The first-order valence-corrected chi connectivity index (χ1v) is 7.90. The normalized spacial score (nSPS) is 29.2. The fourth-order valence-corrected chi connectivity index (χ4v) is 1.96. The van der Waals surface area contributed by atoms with Crippen molar-refractivity contribution in [3.63, 3.8) is 0 Å². The highest BCUT2D eigenvalue weighted by atomic mass is 16.7. The molecule has 1 rings (SSSR count). The van der Waals surface area contributed by atoms with Crippen LogP contribution < -0.4 is 0 Å². The third kappa shape index (κ3) is 7.01. The van der Waals surface area contributed by atoms with Crippen molar-refractivity contribution in [1.82, 2.24) is 0 Å². The van der Waals surface area contributed by atoms with Crippen LogP contribution in [0.3, 0.4) is 0 Å². The Morgan fingerprint density at radius 1 is 0.962 bits per heavy atom. The third-order valence-electron chi connectivity index (χ3n) is 3.31. The van der Waals surface area contributed by atoms with Crippen LogP contribution in [0.25, 0.3) is 0 Å². The summed E-state index contributed by atoms with van der Waals surface area (Å²) in [5.41, 5.74) is 0. The summed E-state index contributed by atoms with van der Waals surface area (Å²) in [6, 6.07) is 0. The molecule has 0 aromatic carbocycles. The summed E-state index contributed by atoms with van der Waals surface area (Å²) < 4.78 is 10.5. The molecule has 0 bridgehead atoms. The van der Waals surface area contributed by atoms with Crippen LogP contribution in [0.5, 0.6) is 0 Å². The molecule has 0 aliphatic carbocycles. The minimum atomic E-state index is -1.55. The van der Waals surface area contributed by atoms with E-state index >= 15 is 0 Å². The van der Waals surface area contributed by atoms with Gasteiger partial charge >= 0.3 is 0 Å². The van der Waals surface area contributed by atoms with Crippen LogP contribution in [0.2, 0.25) is 0 Å². The fraction of sp³-hybridized carbons (Fsp3) is 0.474. The van der Waals surface area contributed by atoms with Crippen molar-refractivity contribution in [1.29, 1.82) is 0 Å². The Kier molecular flexibility index (Phi) is 10.3. The van der Waals surface area contributed by atoms with Crippen molar-refractivity contribution in [2.45, 2.75) is 43.7 Å². The fourth-order valence-electron chi connectivity index (χ4n) is 1.96. The van der Waals surface area contributed by atoms with Crippen molar-refractivity contribution in [3.05, 3.63) is 24.3 Å². The highest BCUT2D eigenvalue weighted by molar-refractivity contribution is 5.39. The first-order valence-electron chi connectivity index (χ1n) is 7.90. The van der Waals surface area contributed by atoms with Gasteiger partial charge in [0.1, 0.15) is 30.5 Å². The van der Waals surface area contributed by atoms with Crippen LogP contribution in [-0.4, -0.2) is 75.6 Å². The molecule has 7 nitrogen and oxygen atoms in total. The molecule has 1 heterocycles. The Labute approximate surface area is 152 Å². The molecule has 1 saturated heterocycles. The second kappa shape index (κ2) is 12.3. The smallest absolute Gasteiger partial charge is 0.187 e. The van der Waals surface area contributed by atoms with Gasteiger partial charge in [0.15, 0.2) is 6.29 Å². The summed E-state index contributed by atoms with van der Waals surface area (Å²) in [4.78, 5) is 0. The zero-order valence-electron chi connectivity index (χ0n) is 14.2. The molecule has 0 spiro atoms. The number of aliphatic hydroxyl groups is 5. The number of aliphatic hydroxyl groups excluding tert-OH is 5. The molecular formula is C19H22O7. The van der Waals surface area contributed by atoms with Crippen molar-refractivity contribution in [2.24, 2.45) is 0 Å². The Bertz CT molecular complexity index is 663. The Morgan fingerprint density at radius 2 is 1.62 bits per heavy atom. The minimum Gasteiger partial charge on any atom is -0.394 e.